The quantitative estimate of drug-likeness (QED) is 0.726. The maximum absolute atomic E-state index is 12.2. The maximum atomic E-state index is 12.2. The number of ether oxygens (including phenoxy) is 2. The number of nitrogens with one attached hydrogen (secondary N) is 1. The van der Waals surface area contributed by atoms with Gasteiger partial charge in [0.1, 0.15) is 0 Å². The summed E-state index contributed by atoms with van der Waals surface area (Å²) >= 11 is 0. The molecule has 0 radical (unpaired) electrons. The second-order valence-corrected chi connectivity index (χ2v) is 6.06. The minimum atomic E-state index is -0.446. The van der Waals surface area contributed by atoms with E-state index in [2.05, 4.69) is 5.32 Å². The maximum Gasteiger partial charge on any atom is 0.308 e. The molecule has 0 aliphatic heterocycles. The Morgan fingerprint density at radius 3 is 2.60 bits per heavy atom. The monoisotopic (exact) mass is 285 g/mol. The van der Waals surface area contributed by atoms with Crippen molar-refractivity contribution in [3.05, 3.63) is 0 Å². The minimum absolute atomic E-state index is 0.0315. The molecule has 20 heavy (non-hydrogen) atoms. The fourth-order valence-electron chi connectivity index (χ4n) is 2.44. The Labute approximate surface area is 121 Å². The Balaban J connectivity index is 2.42. The van der Waals surface area contributed by atoms with Gasteiger partial charge in [0.25, 0.3) is 0 Å². The molecule has 0 unspecified atom stereocenters. The van der Waals surface area contributed by atoms with E-state index in [0.717, 1.165) is 12.8 Å². The molecule has 1 N–H and O–H groups in total. The Morgan fingerprint density at radius 2 is 2.00 bits per heavy atom. The first-order chi connectivity index (χ1) is 9.40. The molecule has 2 atom stereocenters. The zero-order chi connectivity index (χ0) is 15.2. The minimum Gasteiger partial charge on any atom is -0.466 e. The molecule has 0 saturated heterocycles. The largest absolute Gasteiger partial charge is 0.466 e. The van der Waals surface area contributed by atoms with Gasteiger partial charge in [0.15, 0.2) is 0 Å². The highest BCUT2D eigenvalue weighted by Crippen LogP contribution is 2.28. The lowest BCUT2D eigenvalue weighted by Crippen LogP contribution is -2.42. The molecule has 1 aliphatic rings. The molecule has 1 fully saturated rings. The normalized spacial score (nSPS) is 22.6. The number of rotatable bonds is 7. The molecule has 1 amide bonds. The van der Waals surface area contributed by atoms with Crippen LogP contribution in [-0.4, -0.2) is 38.2 Å². The molecule has 1 rings (SSSR count). The van der Waals surface area contributed by atoms with Crippen molar-refractivity contribution in [2.75, 3.05) is 20.3 Å². The molecular weight excluding hydrogens is 258 g/mol. The second kappa shape index (κ2) is 7.62. The number of hydrogen-bond donors (Lipinski definition) is 1. The van der Waals surface area contributed by atoms with Gasteiger partial charge in [0.2, 0.25) is 5.91 Å². The highest BCUT2D eigenvalue weighted by Gasteiger charge is 2.34. The fraction of sp³-hybridized carbons (Fsp3) is 0.867. The number of amides is 1. The third-order valence-electron chi connectivity index (χ3n) is 3.93. The van der Waals surface area contributed by atoms with Crippen LogP contribution in [0.5, 0.6) is 0 Å². The number of carbonyl (C=O) groups excluding carboxylic acids is 2. The molecule has 0 heterocycles. The van der Waals surface area contributed by atoms with E-state index >= 15 is 0 Å². The highest BCUT2D eigenvalue weighted by molar-refractivity contribution is 5.82. The van der Waals surface area contributed by atoms with Gasteiger partial charge in [-0.3, -0.25) is 9.59 Å². The molecule has 0 aromatic rings. The van der Waals surface area contributed by atoms with Crippen molar-refractivity contribution in [2.45, 2.75) is 52.5 Å². The van der Waals surface area contributed by atoms with Crippen molar-refractivity contribution in [1.82, 2.24) is 5.32 Å². The van der Waals surface area contributed by atoms with E-state index in [1.807, 2.05) is 20.8 Å². The van der Waals surface area contributed by atoms with Crippen molar-refractivity contribution >= 4 is 11.9 Å². The second-order valence-electron chi connectivity index (χ2n) is 6.06. The van der Waals surface area contributed by atoms with Gasteiger partial charge in [-0.25, -0.2) is 0 Å². The van der Waals surface area contributed by atoms with Crippen LogP contribution in [0.25, 0.3) is 0 Å². The average Bonchev–Trinajstić information content (AvgIpc) is 2.85. The van der Waals surface area contributed by atoms with Crippen LogP contribution in [0.2, 0.25) is 0 Å². The van der Waals surface area contributed by atoms with Gasteiger partial charge in [-0.1, -0.05) is 13.8 Å². The van der Waals surface area contributed by atoms with Crippen molar-refractivity contribution in [1.29, 1.82) is 0 Å². The Hall–Kier alpha value is -1.10. The lowest BCUT2D eigenvalue weighted by molar-refractivity contribution is -0.148. The van der Waals surface area contributed by atoms with Crippen LogP contribution in [0.4, 0.5) is 0 Å². The summed E-state index contributed by atoms with van der Waals surface area (Å²) in [6.07, 6.45) is 3.01. The lowest BCUT2D eigenvalue weighted by Gasteiger charge is -2.25. The molecule has 0 bridgehead atoms. The van der Waals surface area contributed by atoms with Crippen LogP contribution in [0.15, 0.2) is 0 Å². The first-order valence-electron chi connectivity index (χ1n) is 7.37. The van der Waals surface area contributed by atoms with Gasteiger partial charge in [0.05, 0.1) is 12.5 Å². The van der Waals surface area contributed by atoms with Crippen LogP contribution in [0.1, 0.15) is 46.5 Å². The van der Waals surface area contributed by atoms with Crippen molar-refractivity contribution < 1.29 is 19.1 Å². The van der Waals surface area contributed by atoms with Crippen LogP contribution < -0.4 is 5.32 Å². The summed E-state index contributed by atoms with van der Waals surface area (Å²) in [7, 11) is 1.63. The summed E-state index contributed by atoms with van der Waals surface area (Å²) in [5, 5.41) is 3.05. The first kappa shape index (κ1) is 17.0. The lowest BCUT2D eigenvalue weighted by atomic mass is 9.88. The number of esters is 1. The fourth-order valence-corrected chi connectivity index (χ4v) is 2.44. The van der Waals surface area contributed by atoms with Gasteiger partial charge in [-0.05, 0) is 32.6 Å². The number of carbonyl (C=O) groups is 2. The number of hydrogen-bond acceptors (Lipinski definition) is 4. The zero-order valence-corrected chi connectivity index (χ0v) is 13.0. The molecular formula is C15H27NO4. The van der Waals surface area contributed by atoms with E-state index in [0.29, 0.717) is 26.1 Å². The van der Waals surface area contributed by atoms with Crippen LogP contribution in [-0.2, 0) is 19.1 Å². The van der Waals surface area contributed by atoms with Gasteiger partial charge in [0, 0.05) is 25.2 Å². The standard InChI is InChI=1S/C15H27NO4/c1-5-20-13(17)11-6-7-12(10-11)16-14(18)15(2,3)8-9-19-4/h11-12H,5-10H2,1-4H3,(H,16,18)/t11-,12+/m1/s1. The topological polar surface area (TPSA) is 64.6 Å². The van der Waals surface area contributed by atoms with Crippen LogP contribution in [0.3, 0.4) is 0 Å². The molecule has 0 spiro atoms. The summed E-state index contributed by atoms with van der Waals surface area (Å²) < 4.78 is 10.1. The molecule has 1 saturated carbocycles. The van der Waals surface area contributed by atoms with Gasteiger partial charge in [-0.15, -0.1) is 0 Å². The van der Waals surface area contributed by atoms with Gasteiger partial charge >= 0.3 is 5.97 Å². The van der Waals surface area contributed by atoms with Gasteiger partial charge < -0.3 is 14.8 Å². The third kappa shape index (κ3) is 4.78. The van der Waals surface area contributed by atoms with Crippen molar-refractivity contribution in [3.63, 3.8) is 0 Å². The molecule has 0 aromatic carbocycles. The molecule has 0 aromatic heterocycles. The molecule has 5 heteroatoms. The summed E-state index contributed by atoms with van der Waals surface area (Å²) in [6.45, 7) is 6.62. The smallest absolute Gasteiger partial charge is 0.308 e. The molecule has 116 valence electrons. The summed E-state index contributed by atoms with van der Waals surface area (Å²) in [5.41, 5.74) is -0.446. The Morgan fingerprint density at radius 1 is 1.30 bits per heavy atom. The zero-order valence-electron chi connectivity index (χ0n) is 13.0. The first-order valence-corrected chi connectivity index (χ1v) is 7.37. The molecule has 5 nitrogen and oxygen atoms in total. The van der Waals surface area contributed by atoms with Crippen molar-refractivity contribution in [2.24, 2.45) is 11.3 Å². The Bertz CT molecular complexity index is 341. The predicted molar refractivity (Wildman–Crippen MR) is 76.2 cm³/mol. The van der Waals surface area contributed by atoms with E-state index in [4.69, 9.17) is 9.47 Å². The number of methoxy groups -OCH3 is 1. The van der Waals surface area contributed by atoms with E-state index in [-0.39, 0.29) is 23.8 Å². The van der Waals surface area contributed by atoms with E-state index in [1.165, 1.54) is 0 Å². The van der Waals surface area contributed by atoms with E-state index in [9.17, 15) is 9.59 Å². The van der Waals surface area contributed by atoms with Crippen LogP contribution in [0, 0.1) is 11.3 Å². The summed E-state index contributed by atoms with van der Waals surface area (Å²) in [5.74, 6) is -0.172. The summed E-state index contributed by atoms with van der Waals surface area (Å²) in [4.78, 5) is 23.9. The Kier molecular flexibility index (Phi) is 6.46. The van der Waals surface area contributed by atoms with E-state index < -0.39 is 5.41 Å². The SMILES string of the molecule is CCOC(=O)[C@@H]1CC[C@H](NC(=O)C(C)(C)CCOC)C1. The van der Waals surface area contributed by atoms with Gasteiger partial charge in [-0.2, -0.15) is 0 Å². The average molecular weight is 285 g/mol. The molecule has 1 aliphatic carbocycles. The van der Waals surface area contributed by atoms with Crippen LogP contribution >= 0.6 is 0 Å². The predicted octanol–water partition coefficient (Wildman–Crippen LogP) is 1.90. The van der Waals surface area contributed by atoms with E-state index in [1.54, 1.807) is 7.11 Å². The third-order valence-corrected chi connectivity index (χ3v) is 3.93. The summed E-state index contributed by atoms with van der Waals surface area (Å²) in [6, 6.07) is 0.0822. The van der Waals surface area contributed by atoms with Crippen molar-refractivity contribution in [3.8, 4) is 0 Å². The highest BCUT2D eigenvalue weighted by atomic mass is 16.5.